The molecule has 0 radical (unpaired) electrons. The zero-order valence-corrected chi connectivity index (χ0v) is 9.28. The average molecular weight is 200 g/mol. The third kappa shape index (κ3) is 1.29. The van der Waals surface area contributed by atoms with E-state index >= 15 is 0 Å². The minimum absolute atomic E-state index is 0.989. The first-order valence-corrected chi connectivity index (χ1v) is 5.57. The Morgan fingerprint density at radius 2 is 2.07 bits per heavy atom. The second-order valence-electron chi connectivity index (χ2n) is 4.51. The molecule has 2 N–H and O–H groups in total. The topological polar surface area (TPSA) is 27.8 Å². The van der Waals surface area contributed by atoms with Gasteiger partial charge in [-0.05, 0) is 49.6 Å². The molecule has 1 aromatic heterocycles. The van der Waals surface area contributed by atoms with Crippen LogP contribution in [0.2, 0.25) is 0 Å². The number of benzene rings is 1. The van der Waals surface area contributed by atoms with E-state index in [9.17, 15) is 0 Å². The number of aromatic nitrogens is 1. The molecule has 0 spiro atoms. The van der Waals surface area contributed by atoms with Crippen LogP contribution in [0.1, 0.15) is 22.4 Å². The summed E-state index contributed by atoms with van der Waals surface area (Å²) in [7, 11) is 0. The zero-order valence-electron chi connectivity index (χ0n) is 9.28. The quantitative estimate of drug-likeness (QED) is 0.671. The minimum Gasteiger partial charge on any atom is -0.357 e. The smallest absolute Gasteiger partial charge is 0.0464 e. The van der Waals surface area contributed by atoms with Crippen LogP contribution < -0.4 is 5.32 Å². The highest BCUT2D eigenvalue weighted by Gasteiger charge is 2.16. The maximum Gasteiger partial charge on any atom is 0.0464 e. The molecular formula is C13H16N2. The Balaban J connectivity index is 2.37. The van der Waals surface area contributed by atoms with Gasteiger partial charge in [0.05, 0.1) is 0 Å². The van der Waals surface area contributed by atoms with Crippen molar-refractivity contribution < 1.29 is 0 Å². The van der Waals surface area contributed by atoms with E-state index in [2.05, 4.69) is 36.3 Å². The molecule has 2 heterocycles. The lowest BCUT2D eigenvalue weighted by molar-refractivity contribution is 0.637. The fourth-order valence-corrected chi connectivity index (χ4v) is 2.71. The summed E-state index contributed by atoms with van der Waals surface area (Å²) in [6, 6.07) is 4.53. The van der Waals surface area contributed by atoms with Gasteiger partial charge < -0.3 is 10.3 Å². The Morgan fingerprint density at radius 3 is 2.93 bits per heavy atom. The Hall–Kier alpha value is -1.28. The van der Waals surface area contributed by atoms with E-state index in [1.165, 1.54) is 33.3 Å². The number of hydrogen-bond donors (Lipinski definition) is 2. The number of nitrogens with one attached hydrogen (secondary N) is 2. The van der Waals surface area contributed by atoms with Gasteiger partial charge in [-0.1, -0.05) is 6.07 Å². The van der Waals surface area contributed by atoms with Gasteiger partial charge in [-0.25, -0.2) is 0 Å². The molecule has 1 aliphatic heterocycles. The van der Waals surface area contributed by atoms with E-state index in [0.29, 0.717) is 0 Å². The third-order valence-corrected chi connectivity index (χ3v) is 3.29. The van der Waals surface area contributed by atoms with Crippen LogP contribution >= 0.6 is 0 Å². The number of H-pyrrole nitrogens is 1. The maximum atomic E-state index is 3.54. The molecule has 0 saturated carbocycles. The molecule has 0 saturated heterocycles. The van der Waals surface area contributed by atoms with E-state index < -0.39 is 0 Å². The van der Waals surface area contributed by atoms with Crippen LogP contribution in [0.3, 0.4) is 0 Å². The van der Waals surface area contributed by atoms with Gasteiger partial charge in [0.15, 0.2) is 0 Å². The van der Waals surface area contributed by atoms with Gasteiger partial charge in [0.25, 0.3) is 0 Å². The summed E-state index contributed by atoms with van der Waals surface area (Å²) >= 11 is 0. The average Bonchev–Trinajstić information content (AvgIpc) is 2.54. The van der Waals surface area contributed by atoms with E-state index in [-0.39, 0.29) is 0 Å². The summed E-state index contributed by atoms with van der Waals surface area (Å²) < 4.78 is 0. The fourth-order valence-electron chi connectivity index (χ4n) is 2.71. The number of fused-ring (bicyclic) bond motifs is 3. The summed E-state index contributed by atoms with van der Waals surface area (Å²) in [5.74, 6) is 0. The van der Waals surface area contributed by atoms with Crippen molar-refractivity contribution in [1.29, 1.82) is 0 Å². The molecule has 0 unspecified atom stereocenters. The molecule has 0 amide bonds. The van der Waals surface area contributed by atoms with Gasteiger partial charge in [-0.2, -0.15) is 0 Å². The lowest BCUT2D eigenvalue weighted by Crippen LogP contribution is -2.23. The molecule has 2 nitrogen and oxygen atoms in total. The van der Waals surface area contributed by atoms with Gasteiger partial charge in [0.1, 0.15) is 0 Å². The normalized spacial score (nSPS) is 15.6. The van der Waals surface area contributed by atoms with Crippen molar-refractivity contribution in [3.05, 3.63) is 34.5 Å². The Bertz CT molecular complexity index is 523. The molecule has 3 rings (SSSR count). The standard InChI is InChI=1S/C13H16N2/c1-8-5-9(2)13-10-3-4-14-7-12(10)15-11(13)6-8/h5-6,14-15H,3-4,7H2,1-2H3. The fraction of sp³-hybridized carbons (Fsp3) is 0.385. The Kier molecular flexibility index (Phi) is 1.86. The molecule has 0 atom stereocenters. The molecule has 78 valence electrons. The van der Waals surface area contributed by atoms with Gasteiger partial charge in [0, 0.05) is 23.1 Å². The van der Waals surface area contributed by atoms with Crippen LogP contribution in [0, 0.1) is 13.8 Å². The molecule has 0 bridgehead atoms. The predicted octanol–water partition coefficient (Wildman–Crippen LogP) is 2.43. The summed E-state index contributed by atoms with van der Waals surface area (Å²) in [4.78, 5) is 3.54. The molecule has 2 aromatic rings. The highest BCUT2D eigenvalue weighted by molar-refractivity contribution is 5.88. The van der Waals surface area contributed by atoms with Gasteiger partial charge in [-0.15, -0.1) is 0 Å². The Labute approximate surface area is 89.7 Å². The maximum absolute atomic E-state index is 3.54. The summed E-state index contributed by atoms with van der Waals surface area (Å²) in [6.07, 6.45) is 1.15. The first-order valence-electron chi connectivity index (χ1n) is 5.57. The van der Waals surface area contributed by atoms with Crippen molar-refractivity contribution >= 4 is 10.9 Å². The van der Waals surface area contributed by atoms with E-state index in [4.69, 9.17) is 0 Å². The van der Waals surface area contributed by atoms with Crippen molar-refractivity contribution in [1.82, 2.24) is 10.3 Å². The van der Waals surface area contributed by atoms with Crippen LogP contribution in [-0.4, -0.2) is 11.5 Å². The van der Waals surface area contributed by atoms with Crippen LogP contribution in [0.4, 0.5) is 0 Å². The van der Waals surface area contributed by atoms with E-state index in [1.807, 2.05) is 0 Å². The zero-order chi connectivity index (χ0) is 10.4. The summed E-state index contributed by atoms with van der Waals surface area (Å²) in [5, 5.41) is 4.86. The molecule has 15 heavy (non-hydrogen) atoms. The molecule has 2 heteroatoms. The summed E-state index contributed by atoms with van der Waals surface area (Å²) in [6.45, 7) is 6.46. The van der Waals surface area contributed by atoms with Crippen molar-refractivity contribution in [2.75, 3.05) is 6.54 Å². The summed E-state index contributed by atoms with van der Waals surface area (Å²) in [5.41, 5.74) is 6.96. The number of hydrogen-bond acceptors (Lipinski definition) is 1. The number of rotatable bonds is 0. The van der Waals surface area contributed by atoms with Crippen LogP contribution in [0.5, 0.6) is 0 Å². The first kappa shape index (κ1) is 8.98. The largest absolute Gasteiger partial charge is 0.357 e. The lowest BCUT2D eigenvalue weighted by atomic mass is 10.00. The van der Waals surface area contributed by atoms with Crippen LogP contribution in [-0.2, 0) is 13.0 Å². The van der Waals surface area contributed by atoms with Gasteiger partial charge in [-0.3, -0.25) is 0 Å². The lowest BCUT2D eigenvalue weighted by Gasteiger charge is -2.13. The van der Waals surface area contributed by atoms with Crippen molar-refractivity contribution in [2.24, 2.45) is 0 Å². The second kappa shape index (κ2) is 3.11. The van der Waals surface area contributed by atoms with Gasteiger partial charge >= 0.3 is 0 Å². The van der Waals surface area contributed by atoms with E-state index in [1.54, 1.807) is 0 Å². The molecule has 1 aromatic carbocycles. The van der Waals surface area contributed by atoms with Crippen molar-refractivity contribution in [2.45, 2.75) is 26.8 Å². The predicted molar refractivity (Wildman–Crippen MR) is 63.2 cm³/mol. The van der Waals surface area contributed by atoms with E-state index in [0.717, 1.165) is 19.5 Å². The van der Waals surface area contributed by atoms with Crippen molar-refractivity contribution in [3.8, 4) is 0 Å². The second-order valence-corrected chi connectivity index (χ2v) is 4.51. The Morgan fingerprint density at radius 1 is 1.20 bits per heavy atom. The molecule has 1 aliphatic rings. The first-order chi connectivity index (χ1) is 7.25. The van der Waals surface area contributed by atoms with Crippen LogP contribution in [0.25, 0.3) is 10.9 Å². The highest BCUT2D eigenvalue weighted by Crippen LogP contribution is 2.28. The SMILES string of the molecule is Cc1cc(C)c2c3c([nH]c2c1)CNCC3. The van der Waals surface area contributed by atoms with Gasteiger partial charge in [0.2, 0.25) is 0 Å². The monoisotopic (exact) mass is 200 g/mol. The number of aryl methyl sites for hydroxylation is 2. The van der Waals surface area contributed by atoms with Crippen LogP contribution in [0.15, 0.2) is 12.1 Å². The number of aromatic amines is 1. The third-order valence-electron chi connectivity index (χ3n) is 3.29. The molecule has 0 fully saturated rings. The molecular weight excluding hydrogens is 184 g/mol. The minimum atomic E-state index is 0.989. The molecule has 0 aliphatic carbocycles. The highest BCUT2D eigenvalue weighted by atomic mass is 14.9. The van der Waals surface area contributed by atoms with Crippen molar-refractivity contribution in [3.63, 3.8) is 0 Å².